The van der Waals surface area contributed by atoms with E-state index in [0.717, 1.165) is 11.3 Å². The first-order chi connectivity index (χ1) is 9.90. The van der Waals surface area contributed by atoms with Gasteiger partial charge in [-0.25, -0.2) is 4.98 Å². The van der Waals surface area contributed by atoms with E-state index >= 15 is 0 Å². The summed E-state index contributed by atoms with van der Waals surface area (Å²) in [6.07, 6.45) is -5.77. The Bertz CT molecular complexity index is 724. The lowest BCUT2D eigenvalue weighted by Gasteiger charge is -2.27. The fraction of sp³-hybridized carbons (Fsp3) is 0.273. The second kappa shape index (κ2) is 4.74. The number of para-hydroxylation sites is 1. The molecule has 0 spiro atoms. The van der Waals surface area contributed by atoms with Gasteiger partial charge < -0.3 is 5.11 Å². The van der Waals surface area contributed by atoms with Gasteiger partial charge in [0, 0.05) is 0 Å². The predicted molar refractivity (Wildman–Crippen MR) is 67.5 cm³/mol. The lowest BCUT2D eigenvalue weighted by molar-refractivity contribution is -0.266. The van der Waals surface area contributed by atoms with E-state index in [1.54, 1.807) is 24.3 Å². The molecule has 21 heavy (non-hydrogen) atoms. The maximum absolute atomic E-state index is 13.3. The highest BCUT2D eigenvalue weighted by molar-refractivity contribution is 7.18. The summed E-state index contributed by atoms with van der Waals surface area (Å²) < 4.78 is 40.6. The second-order valence-electron chi connectivity index (χ2n) is 4.35. The topological polar surface area (TPSA) is 87.6 Å². The molecule has 1 aromatic carbocycles. The lowest BCUT2D eigenvalue weighted by atomic mass is 9.99. The molecule has 3 aromatic rings. The van der Waals surface area contributed by atoms with Gasteiger partial charge in [0.05, 0.1) is 16.6 Å². The minimum absolute atomic E-state index is 0.242. The van der Waals surface area contributed by atoms with Crippen LogP contribution in [0.25, 0.3) is 10.2 Å². The first kappa shape index (κ1) is 13.9. The van der Waals surface area contributed by atoms with E-state index in [2.05, 4.69) is 25.6 Å². The van der Waals surface area contributed by atoms with Crippen molar-refractivity contribution < 1.29 is 18.3 Å². The Kier molecular flexibility index (Phi) is 3.14. The molecule has 1 unspecified atom stereocenters. The molecule has 2 N–H and O–H groups in total. The fourth-order valence-corrected chi connectivity index (χ4v) is 2.91. The summed E-state index contributed by atoms with van der Waals surface area (Å²) in [5.41, 5.74) is -2.76. The smallest absolute Gasteiger partial charge is 0.374 e. The van der Waals surface area contributed by atoms with Crippen molar-refractivity contribution in [2.24, 2.45) is 0 Å². The third kappa shape index (κ3) is 2.36. The Balaban J connectivity index is 2.10. The number of alkyl halides is 3. The number of hydrogen-bond acceptors (Lipinski definition) is 6. The fourth-order valence-electron chi connectivity index (χ4n) is 1.83. The number of rotatable bonds is 3. The Morgan fingerprint density at radius 2 is 2.00 bits per heavy atom. The second-order valence-corrected chi connectivity index (χ2v) is 5.38. The summed E-state index contributed by atoms with van der Waals surface area (Å²) in [6.45, 7) is 0. The van der Waals surface area contributed by atoms with Crippen molar-refractivity contribution in [2.75, 3.05) is 0 Å². The number of H-pyrrole nitrogens is 1. The van der Waals surface area contributed by atoms with Gasteiger partial charge in [0.2, 0.25) is 5.60 Å². The summed E-state index contributed by atoms with van der Waals surface area (Å²) in [6, 6.07) is 6.58. The van der Waals surface area contributed by atoms with Crippen LogP contribution in [-0.4, -0.2) is 36.9 Å². The lowest BCUT2D eigenvalue weighted by Crippen LogP contribution is -2.44. The zero-order chi connectivity index (χ0) is 15.1. The van der Waals surface area contributed by atoms with E-state index in [0.29, 0.717) is 10.2 Å². The van der Waals surface area contributed by atoms with Gasteiger partial charge in [-0.1, -0.05) is 17.3 Å². The molecule has 0 amide bonds. The third-order valence-corrected chi connectivity index (χ3v) is 4.11. The van der Waals surface area contributed by atoms with Gasteiger partial charge in [-0.2, -0.15) is 18.4 Å². The summed E-state index contributed by atoms with van der Waals surface area (Å²) in [5, 5.41) is 21.9. The minimum Gasteiger partial charge on any atom is -0.374 e. The molecule has 10 heteroatoms. The largest absolute Gasteiger partial charge is 0.424 e. The average Bonchev–Trinajstić information content (AvgIpc) is 3.05. The number of tetrazole rings is 1. The number of benzene rings is 1. The van der Waals surface area contributed by atoms with Crippen molar-refractivity contribution in [3.8, 4) is 0 Å². The maximum atomic E-state index is 13.3. The quantitative estimate of drug-likeness (QED) is 0.769. The van der Waals surface area contributed by atoms with E-state index in [-0.39, 0.29) is 5.82 Å². The van der Waals surface area contributed by atoms with E-state index in [4.69, 9.17) is 0 Å². The van der Waals surface area contributed by atoms with Gasteiger partial charge in [0.1, 0.15) is 5.01 Å². The van der Waals surface area contributed by atoms with Gasteiger partial charge >= 0.3 is 6.18 Å². The van der Waals surface area contributed by atoms with Crippen LogP contribution in [0.1, 0.15) is 10.8 Å². The zero-order valence-electron chi connectivity index (χ0n) is 10.3. The summed E-state index contributed by atoms with van der Waals surface area (Å²) in [4.78, 5) is 3.89. The van der Waals surface area contributed by atoms with Crippen LogP contribution < -0.4 is 0 Å². The summed E-state index contributed by atoms with van der Waals surface area (Å²) in [5.74, 6) is -0.242. The molecular formula is C11H8F3N5OS. The first-order valence-corrected chi connectivity index (χ1v) is 6.59. The molecular weight excluding hydrogens is 307 g/mol. The number of aromatic nitrogens is 5. The molecule has 1 atom stereocenters. The molecule has 0 fully saturated rings. The number of halogens is 3. The van der Waals surface area contributed by atoms with Gasteiger partial charge in [0.25, 0.3) is 0 Å². The number of nitrogens with one attached hydrogen (secondary N) is 1. The Labute approximate surface area is 119 Å². The van der Waals surface area contributed by atoms with Crippen LogP contribution in [0, 0.1) is 0 Å². The van der Waals surface area contributed by atoms with Gasteiger partial charge in [-0.15, -0.1) is 21.5 Å². The van der Waals surface area contributed by atoms with Crippen LogP contribution >= 0.6 is 11.3 Å². The van der Waals surface area contributed by atoms with Crippen LogP contribution in [0.2, 0.25) is 0 Å². The number of hydrogen-bond donors (Lipinski definition) is 2. The molecule has 0 aliphatic heterocycles. The molecule has 0 radical (unpaired) electrons. The highest BCUT2D eigenvalue weighted by Crippen LogP contribution is 2.43. The van der Waals surface area contributed by atoms with Crippen LogP contribution in [-0.2, 0) is 12.0 Å². The van der Waals surface area contributed by atoms with Gasteiger partial charge in [-0.05, 0) is 12.1 Å². The molecule has 0 bridgehead atoms. The molecule has 0 saturated carbocycles. The summed E-state index contributed by atoms with van der Waals surface area (Å²) in [7, 11) is 0. The Hall–Kier alpha value is -2.07. The van der Waals surface area contributed by atoms with Crippen LogP contribution in [0.4, 0.5) is 13.2 Å². The van der Waals surface area contributed by atoms with E-state index in [1.807, 2.05) is 0 Å². The number of nitrogens with zero attached hydrogens (tertiary/aromatic N) is 4. The van der Waals surface area contributed by atoms with Crippen LogP contribution in [0.3, 0.4) is 0 Å². The zero-order valence-corrected chi connectivity index (χ0v) is 11.1. The Morgan fingerprint density at radius 3 is 2.62 bits per heavy atom. The van der Waals surface area contributed by atoms with Crippen LogP contribution in [0.5, 0.6) is 0 Å². The average molecular weight is 315 g/mol. The first-order valence-electron chi connectivity index (χ1n) is 5.77. The SMILES string of the molecule is OC(Cc1nn[nH]n1)(c1nc2ccccc2s1)C(F)(F)F. The standard InChI is InChI=1S/C11H8F3N5OS/c12-11(13,14)10(20,5-8-16-18-19-17-8)9-15-6-3-1-2-4-7(6)21-9/h1-4,20H,5H2,(H,16,17,18,19). The Morgan fingerprint density at radius 1 is 1.24 bits per heavy atom. The maximum Gasteiger partial charge on any atom is 0.424 e. The van der Waals surface area contributed by atoms with E-state index in [9.17, 15) is 18.3 Å². The van der Waals surface area contributed by atoms with Gasteiger partial charge in [-0.3, -0.25) is 0 Å². The third-order valence-electron chi connectivity index (χ3n) is 2.92. The molecule has 2 heterocycles. The van der Waals surface area contributed by atoms with Crippen LogP contribution in [0.15, 0.2) is 24.3 Å². The highest BCUT2D eigenvalue weighted by Gasteiger charge is 2.57. The summed E-state index contributed by atoms with van der Waals surface area (Å²) >= 11 is 0.786. The number of thiazole rings is 1. The molecule has 6 nitrogen and oxygen atoms in total. The molecule has 0 saturated heterocycles. The van der Waals surface area contributed by atoms with Crippen molar-refractivity contribution in [1.29, 1.82) is 0 Å². The van der Waals surface area contributed by atoms with E-state index in [1.165, 1.54) is 0 Å². The predicted octanol–water partition coefficient (Wildman–Crippen LogP) is 1.80. The van der Waals surface area contributed by atoms with Crippen molar-refractivity contribution in [1.82, 2.24) is 25.6 Å². The number of fused-ring (bicyclic) bond motifs is 1. The van der Waals surface area contributed by atoms with Crippen molar-refractivity contribution in [3.63, 3.8) is 0 Å². The molecule has 0 aliphatic carbocycles. The normalized spacial score (nSPS) is 15.2. The highest BCUT2D eigenvalue weighted by atomic mass is 32.1. The van der Waals surface area contributed by atoms with Crippen molar-refractivity contribution in [2.45, 2.75) is 18.2 Å². The number of aliphatic hydroxyl groups is 1. The monoisotopic (exact) mass is 315 g/mol. The molecule has 2 aromatic heterocycles. The number of aromatic amines is 1. The van der Waals surface area contributed by atoms with Crippen molar-refractivity contribution >= 4 is 21.6 Å². The molecule has 110 valence electrons. The van der Waals surface area contributed by atoms with Crippen molar-refractivity contribution in [3.05, 3.63) is 35.1 Å². The molecule has 3 rings (SSSR count). The minimum atomic E-state index is -4.92. The van der Waals surface area contributed by atoms with Gasteiger partial charge in [0.15, 0.2) is 5.82 Å². The van der Waals surface area contributed by atoms with E-state index < -0.39 is 23.2 Å². The molecule has 0 aliphatic rings.